The standard InChI is InChI=1S/C9H17NO/c1-7-3-4-9(6-10-11)5-8(7)2/h6-9,11H,3-5H2,1-2H3/b10-6+. The Kier molecular flexibility index (Phi) is 2.92. The van der Waals surface area contributed by atoms with Gasteiger partial charge in [0.2, 0.25) is 0 Å². The van der Waals surface area contributed by atoms with Gasteiger partial charge < -0.3 is 5.21 Å². The van der Waals surface area contributed by atoms with Crippen molar-refractivity contribution in [3.63, 3.8) is 0 Å². The van der Waals surface area contributed by atoms with Crippen LogP contribution in [0.25, 0.3) is 0 Å². The summed E-state index contributed by atoms with van der Waals surface area (Å²) in [5.74, 6) is 2.15. The molecule has 0 heterocycles. The first-order valence-corrected chi connectivity index (χ1v) is 4.41. The Hall–Kier alpha value is -0.530. The second-order valence-corrected chi connectivity index (χ2v) is 3.79. The molecule has 1 N–H and O–H groups in total. The zero-order chi connectivity index (χ0) is 8.27. The van der Waals surface area contributed by atoms with Crippen LogP contribution >= 0.6 is 0 Å². The summed E-state index contributed by atoms with van der Waals surface area (Å²) in [5, 5.41) is 11.4. The number of hydrogen-bond donors (Lipinski definition) is 1. The van der Waals surface area contributed by atoms with E-state index in [1.165, 1.54) is 19.3 Å². The van der Waals surface area contributed by atoms with Gasteiger partial charge in [0.1, 0.15) is 0 Å². The average molecular weight is 155 g/mol. The monoisotopic (exact) mass is 155 g/mol. The van der Waals surface area contributed by atoms with E-state index < -0.39 is 0 Å². The fourth-order valence-electron chi connectivity index (χ4n) is 1.82. The third-order valence-electron chi connectivity index (χ3n) is 2.92. The largest absolute Gasteiger partial charge is 0.411 e. The molecule has 0 aliphatic heterocycles. The number of rotatable bonds is 1. The number of hydrogen-bond acceptors (Lipinski definition) is 2. The van der Waals surface area contributed by atoms with Crippen LogP contribution < -0.4 is 0 Å². The van der Waals surface area contributed by atoms with E-state index in [-0.39, 0.29) is 0 Å². The van der Waals surface area contributed by atoms with Crippen LogP contribution in [0.4, 0.5) is 0 Å². The van der Waals surface area contributed by atoms with E-state index in [4.69, 9.17) is 5.21 Å². The molecule has 1 rings (SSSR count). The molecular formula is C9H17NO. The van der Waals surface area contributed by atoms with Crippen LogP contribution in [0.5, 0.6) is 0 Å². The molecule has 3 unspecified atom stereocenters. The van der Waals surface area contributed by atoms with Crippen molar-refractivity contribution in [3.05, 3.63) is 0 Å². The first-order chi connectivity index (χ1) is 5.24. The molecule has 2 heteroatoms. The maximum Gasteiger partial charge on any atom is 0.0466 e. The van der Waals surface area contributed by atoms with Crippen LogP contribution in [0.1, 0.15) is 33.1 Å². The highest BCUT2D eigenvalue weighted by atomic mass is 16.4. The summed E-state index contributed by atoms with van der Waals surface area (Å²) >= 11 is 0. The van der Waals surface area contributed by atoms with Crippen molar-refractivity contribution < 1.29 is 5.21 Å². The zero-order valence-electron chi connectivity index (χ0n) is 7.33. The van der Waals surface area contributed by atoms with Gasteiger partial charge in [-0.05, 0) is 37.0 Å². The van der Waals surface area contributed by atoms with Crippen molar-refractivity contribution in [3.8, 4) is 0 Å². The van der Waals surface area contributed by atoms with Gasteiger partial charge in [-0.15, -0.1) is 5.16 Å². The van der Waals surface area contributed by atoms with Crippen molar-refractivity contribution in [2.24, 2.45) is 22.9 Å². The Bertz CT molecular complexity index is 144. The van der Waals surface area contributed by atoms with Crippen LogP contribution in [0, 0.1) is 17.8 Å². The molecule has 1 fully saturated rings. The molecule has 0 radical (unpaired) electrons. The Balaban J connectivity index is 2.39. The molecule has 1 saturated carbocycles. The molecule has 3 atom stereocenters. The fourth-order valence-corrected chi connectivity index (χ4v) is 1.82. The van der Waals surface area contributed by atoms with Crippen LogP contribution in [0.2, 0.25) is 0 Å². The van der Waals surface area contributed by atoms with Crippen LogP contribution in [-0.2, 0) is 0 Å². The van der Waals surface area contributed by atoms with Crippen LogP contribution in [-0.4, -0.2) is 11.4 Å². The molecule has 0 aromatic carbocycles. The average Bonchev–Trinajstić information content (AvgIpc) is 1.98. The number of oxime groups is 1. The SMILES string of the molecule is CC1CCC(/C=N/O)CC1C. The lowest BCUT2D eigenvalue weighted by Crippen LogP contribution is -2.21. The van der Waals surface area contributed by atoms with E-state index in [1.807, 2.05) is 0 Å². The van der Waals surface area contributed by atoms with Gasteiger partial charge in [-0.3, -0.25) is 0 Å². The lowest BCUT2D eigenvalue weighted by molar-refractivity contribution is 0.243. The highest BCUT2D eigenvalue weighted by molar-refractivity contribution is 5.59. The van der Waals surface area contributed by atoms with E-state index in [9.17, 15) is 0 Å². The van der Waals surface area contributed by atoms with Gasteiger partial charge in [-0.2, -0.15) is 0 Å². The summed E-state index contributed by atoms with van der Waals surface area (Å²) in [7, 11) is 0. The molecule has 1 aliphatic carbocycles. The summed E-state index contributed by atoms with van der Waals surface area (Å²) in [6, 6.07) is 0. The molecule has 0 spiro atoms. The van der Waals surface area contributed by atoms with Gasteiger partial charge in [0.15, 0.2) is 0 Å². The van der Waals surface area contributed by atoms with E-state index in [1.54, 1.807) is 6.21 Å². The van der Waals surface area contributed by atoms with Gasteiger partial charge in [0.25, 0.3) is 0 Å². The third kappa shape index (κ3) is 2.21. The maximum absolute atomic E-state index is 8.34. The molecule has 11 heavy (non-hydrogen) atoms. The zero-order valence-corrected chi connectivity index (χ0v) is 7.33. The lowest BCUT2D eigenvalue weighted by Gasteiger charge is -2.29. The Morgan fingerprint density at radius 1 is 1.27 bits per heavy atom. The number of nitrogens with zero attached hydrogens (tertiary/aromatic N) is 1. The van der Waals surface area contributed by atoms with Crippen molar-refractivity contribution in [2.75, 3.05) is 0 Å². The van der Waals surface area contributed by atoms with Gasteiger partial charge in [0, 0.05) is 6.21 Å². The summed E-state index contributed by atoms with van der Waals surface area (Å²) < 4.78 is 0. The fraction of sp³-hybridized carbons (Fsp3) is 0.889. The molecule has 64 valence electrons. The summed E-state index contributed by atoms with van der Waals surface area (Å²) in [4.78, 5) is 0. The topological polar surface area (TPSA) is 32.6 Å². The molecule has 2 nitrogen and oxygen atoms in total. The lowest BCUT2D eigenvalue weighted by atomic mass is 9.76. The predicted octanol–water partition coefficient (Wildman–Crippen LogP) is 2.52. The van der Waals surface area contributed by atoms with E-state index in [2.05, 4.69) is 19.0 Å². The second-order valence-electron chi connectivity index (χ2n) is 3.79. The van der Waals surface area contributed by atoms with Crippen LogP contribution in [0.15, 0.2) is 5.16 Å². The Morgan fingerprint density at radius 2 is 2.00 bits per heavy atom. The second kappa shape index (κ2) is 3.74. The highest BCUT2D eigenvalue weighted by Crippen LogP contribution is 2.32. The van der Waals surface area contributed by atoms with E-state index >= 15 is 0 Å². The molecule has 1 aliphatic rings. The first-order valence-electron chi connectivity index (χ1n) is 4.41. The maximum atomic E-state index is 8.34. The molecule has 0 aromatic heterocycles. The first kappa shape index (κ1) is 8.57. The van der Waals surface area contributed by atoms with Gasteiger partial charge in [-0.25, -0.2) is 0 Å². The van der Waals surface area contributed by atoms with Gasteiger partial charge in [-0.1, -0.05) is 13.8 Å². The van der Waals surface area contributed by atoms with Crippen molar-refractivity contribution in [1.29, 1.82) is 0 Å². The van der Waals surface area contributed by atoms with Crippen molar-refractivity contribution in [2.45, 2.75) is 33.1 Å². The molecule has 0 aromatic rings. The summed E-state index contributed by atoms with van der Waals surface area (Å²) in [6.07, 6.45) is 5.33. The van der Waals surface area contributed by atoms with E-state index in [0.29, 0.717) is 5.92 Å². The summed E-state index contributed by atoms with van der Waals surface area (Å²) in [6.45, 7) is 4.58. The predicted molar refractivity (Wildman–Crippen MR) is 45.9 cm³/mol. The Morgan fingerprint density at radius 3 is 2.55 bits per heavy atom. The quantitative estimate of drug-likeness (QED) is 0.352. The van der Waals surface area contributed by atoms with Crippen LogP contribution in [0.3, 0.4) is 0 Å². The minimum Gasteiger partial charge on any atom is -0.411 e. The third-order valence-corrected chi connectivity index (χ3v) is 2.92. The molecular weight excluding hydrogens is 138 g/mol. The van der Waals surface area contributed by atoms with E-state index in [0.717, 1.165) is 11.8 Å². The smallest absolute Gasteiger partial charge is 0.0466 e. The molecule has 0 bridgehead atoms. The molecule has 0 amide bonds. The van der Waals surface area contributed by atoms with Gasteiger partial charge >= 0.3 is 0 Å². The van der Waals surface area contributed by atoms with Crippen molar-refractivity contribution in [1.82, 2.24) is 0 Å². The van der Waals surface area contributed by atoms with Crippen molar-refractivity contribution >= 4 is 6.21 Å². The Labute approximate surface area is 68.3 Å². The minimum absolute atomic E-state index is 0.520. The molecule has 0 saturated heterocycles. The van der Waals surface area contributed by atoms with Gasteiger partial charge in [0.05, 0.1) is 0 Å². The highest BCUT2D eigenvalue weighted by Gasteiger charge is 2.23. The minimum atomic E-state index is 0.520. The summed E-state index contributed by atoms with van der Waals surface area (Å²) in [5.41, 5.74) is 0. The normalized spacial score (nSPS) is 39.6.